The number of aromatic nitrogens is 2. The van der Waals surface area contributed by atoms with E-state index in [2.05, 4.69) is 115 Å². The van der Waals surface area contributed by atoms with Crippen molar-refractivity contribution in [2.24, 2.45) is 19.5 Å². The van der Waals surface area contributed by atoms with Crippen molar-refractivity contribution in [3.05, 3.63) is 70.0 Å². The van der Waals surface area contributed by atoms with Crippen LogP contribution >= 0.6 is 0 Å². The van der Waals surface area contributed by atoms with E-state index in [0.29, 0.717) is 0 Å². The van der Waals surface area contributed by atoms with Crippen molar-refractivity contribution in [3.63, 3.8) is 0 Å². The second-order valence-corrected chi connectivity index (χ2v) is 10.2. The second kappa shape index (κ2) is 7.98. The molecular weight excluding hydrogens is 364 g/mol. The molecule has 0 aliphatic heterocycles. The summed E-state index contributed by atoms with van der Waals surface area (Å²) in [4.78, 5) is 0. The average Bonchev–Trinajstić information content (AvgIpc) is 2.64. The highest BCUT2D eigenvalue weighted by Crippen LogP contribution is 2.36. The van der Waals surface area contributed by atoms with Crippen LogP contribution in [-0.4, -0.2) is 0 Å². The van der Waals surface area contributed by atoms with Crippen molar-refractivity contribution in [3.8, 4) is 22.5 Å². The standard InChI is InChI=1S/C28H38N2/c1-18-11-13-29(9)26(20(18)3)24-15-23(17-28(6,7)8)16-25(22(24)5)27-21(4)19(2)12-14-30(27)10/h11-16H,17H2,1-10H3/q+2. The number of pyridine rings is 2. The largest absolute Gasteiger partial charge is 0.215 e. The second-order valence-electron chi connectivity index (χ2n) is 10.2. The first kappa shape index (κ1) is 22.2. The predicted molar refractivity (Wildman–Crippen MR) is 127 cm³/mol. The number of hydrogen-bond acceptors (Lipinski definition) is 0. The minimum absolute atomic E-state index is 0.234. The smallest absolute Gasteiger partial charge is 0.201 e. The lowest BCUT2D eigenvalue weighted by atomic mass is 9.84. The fraction of sp³-hybridized carbons (Fsp3) is 0.429. The zero-order chi connectivity index (χ0) is 22.4. The monoisotopic (exact) mass is 402 g/mol. The molecule has 0 fully saturated rings. The Kier molecular flexibility index (Phi) is 5.91. The predicted octanol–water partition coefficient (Wildman–Crippen LogP) is 5.80. The van der Waals surface area contributed by atoms with E-state index in [1.54, 1.807) is 0 Å². The van der Waals surface area contributed by atoms with Crippen LogP contribution in [0.2, 0.25) is 0 Å². The van der Waals surface area contributed by atoms with Gasteiger partial charge in [0.2, 0.25) is 11.4 Å². The Balaban J connectivity index is 2.41. The summed E-state index contributed by atoms with van der Waals surface area (Å²) in [6, 6.07) is 9.27. The highest BCUT2D eigenvalue weighted by molar-refractivity contribution is 5.77. The summed E-state index contributed by atoms with van der Waals surface area (Å²) in [6.07, 6.45) is 5.42. The van der Waals surface area contributed by atoms with Gasteiger partial charge in [-0.15, -0.1) is 0 Å². The van der Waals surface area contributed by atoms with E-state index in [-0.39, 0.29) is 5.41 Å². The molecule has 3 rings (SSSR count). The summed E-state index contributed by atoms with van der Waals surface area (Å²) in [6.45, 7) is 18.2. The Labute approximate surface area is 183 Å². The molecule has 2 heterocycles. The molecule has 2 nitrogen and oxygen atoms in total. The van der Waals surface area contributed by atoms with E-state index in [1.807, 2.05) is 0 Å². The summed E-state index contributed by atoms with van der Waals surface area (Å²) in [7, 11) is 4.32. The van der Waals surface area contributed by atoms with Crippen LogP contribution in [0.15, 0.2) is 36.7 Å². The zero-order valence-corrected chi connectivity index (χ0v) is 20.6. The maximum absolute atomic E-state index is 2.43. The van der Waals surface area contributed by atoms with Gasteiger partial charge >= 0.3 is 0 Å². The van der Waals surface area contributed by atoms with Crippen molar-refractivity contribution in [2.45, 2.75) is 61.8 Å². The third kappa shape index (κ3) is 4.19. The van der Waals surface area contributed by atoms with Crippen LogP contribution in [0, 0.1) is 40.0 Å². The molecule has 0 aliphatic carbocycles. The van der Waals surface area contributed by atoms with Crippen molar-refractivity contribution in [1.82, 2.24) is 0 Å². The zero-order valence-electron chi connectivity index (χ0n) is 20.6. The minimum Gasteiger partial charge on any atom is -0.201 e. The van der Waals surface area contributed by atoms with Gasteiger partial charge in [-0.05, 0) is 80.8 Å². The quantitative estimate of drug-likeness (QED) is 0.489. The van der Waals surface area contributed by atoms with Gasteiger partial charge in [-0.25, -0.2) is 9.13 Å². The topological polar surface area (TPSA) is 7.76 Å². The van der Waals surface area contributed by atoms with Gasteiger partial charge in [0.1, 0.15) is 14.1 Å². The summed E-state index contributed by atoms with van der Waals surface area (Å²) in [5.74, 6) is 0. The van der Waals surface area contributed by atoms with Gasteiger partial charge in [0.25, 0.3) is 0 Å². The fourth-order valence-corrected chi connectivity index (χ4v) is 4.51. The van der Waals surface area contributed by atoms with Crippen LogP contribution in [0.4, 0.5) is 0 Å². The summed E-state index contributed by atoms with van der Waals surface area (Å²) >= 11 is 0. The van der Waals surface area contributed by atoms with E-state index in [9.17, 15) is 0 Å². The number of benzene rings is 1. The van der Waals surface area contributed by atoms with Crippen molar-refractivity contribution in [1.29, 1.82) is 0 Å². The lowest BCUT2D eigenvalue weighted by Gasteiger charge is -2.21. The first-order valence-electron chi connectivity index (χ1n) is 11.0. The van der Waals surface area contributed by atoms with Crippen LogP contribution in [-0.2, 0) is 20.5 Å². The van der Waals surface area contributed by atoms with E-state index in [4.69, 9.17) is 0 Å². The third-order valence-electron chi connectivity index (χ3n) is 6.41. The lowest BCUT2D eigenvalue weighted by molar-refractivity contribution is -0.661. The molecule has 30 heavy (non-hydrogen) atoms. The maximum atomic E-state index is 2.43. The van der Waals surface area contributed by atoms with Crippen LogP contribution < -0.4 is 9.13 Å². The molecule has 0 bridgehead atoms. The molecule has 2 heteroatoms. The Bertz CT molecular complexity index is 1040. The lowest BCUT2D eigenvalue weighted by Crippen LogP contribution is -2.33. The molecule has 2 aromatic heterocycles. The van der Waals surface area contributed by atoms with Crippen molar-refractivity contribution >= 4 is 0 Å². The third-order valence-corrected chi connectivity index (χ3v) is 6.41. The summed E-state index contributed by atoms with van der Waals surface area (Å²) in [5.41, 5.74) is 13.7. The van der Waals surface area contributed by atoms with Gasteiger partial charge in [0.15, 0.2) is 12.4 Å². The molecule has 0 unspecified atom stereocenters. The van der Waals surface area contributed by atoms with Crippen molar-refractivity contribution < 1.29 is 9.13 Å². The summed E-state index contributed by atoms with van der Waals surface area (Å²) in [5, 5.41) is 0. The van der Waals surface area contributed by atoms with Crippen LogP contribution in [0.3, 0.4) is 0 Å². The maximum Gasteiger partial charge on any atom is 0.215 e. The molecule has 0 N–H and O–H groups in total. The minimum atomic E-state index is 0.234. The molecule has 0 radical (unpaired) electrons. The first-order valence-corrected chi connectivity index (χ1v) is 11.0. The number of hydrogen-bond donors (Lipinski definition) is 0. The van der Waals surface area contributed by atoms with Gasteiger partial charge in [-0.1, -0.05) is 20.8 Å². The van der Waals surface area contributed by atoms with Gasteiger partial charge < -0.3 is 0 Å². The van der Waals surface area contributed by atoms with Crippen LogP contribution in [0.5, 0.6) is 0 Å². The molecule has 0 aliphatic rings. The van der Waals surface area contributed by atoms with E-state index >= 15 is 0 Å². The molecule has 158 valence electrons. The van der Waals surface area contributed by atoms with E-state index in [0.717, 1.165) is 6.42 Å². The highest BCUT2D eigenvalue weighted by atomic mass is 14.9. The molecule has 0 atom stereocenters. The fourth-order valence-electron chi connectivity index (χ4n) is 4.51. The Morgan fingerprint density at radius 1 is 0.667 bits per heavy atom. The number of nitrogens with zero attached hydrogens (tertiary/aromatic N) is 2. The molecule has 3 aromatic rings. The van der Waals surface area contributed by atoms with Gasteiger partial charge in [0, 0.05) is 23.3 Å². The van der Waals surface area contributed by atoms with Gasteiger partial charge in [-0.3, -0.25) is 0 Å². The van der Waals surface area contributed by atoms with E-state index < -0.39 is 0 Å². The molecular formula is C28H38N2+2. The van der Waals surface area contributed by atoms with Crippen LogP contribution in [0.25, 0.3) is 22.5 Å². The molecule has 0 amide bonds. The Morgan fingerprint density at radius 3 is 1.43 bits per heavy atom. The molecule has 0 spiro atoms. The van der Waals surface area contributed by atoms with Gasteiger partial charge in [0.05, 0.1) is 11.1 Å². The molecule has 0 saturated heterocycles. The van der Waals surface area contributed by atoms with E-state index in [1.165, 1.54) is 55.9 Å². The number of rotatable bonds is 3. The Hall–Kier alpha value is -2.48. The van der Waals surface area contributed by atoms with Crippen molar-refractivity contribution in [2.75, 3.05) is 0 Å². The normalized spacial score (nSPS) is 11.8. The SMILES string of the molecule is Cc1cc[n+](C)c(-c2cc(CC(C)(C)C)cc(-c3c(C)c(C)cc[n+]3C)c2C)c1C. The summed E-state index contributed by atoms with van der Waals surface area (Å²) < 4.78 is 4.55. The average molecular weight is 403 g/mol. The Morgan fingerprint density at radius 2 is 1.07 bits per heavy atom. The first-order chi connectivity index (χ1) is 13.9. The number of aryl methyl sites for hydroxylation is 4. The highest BCUT2D eigenvalue weighted by Gasteiger charge is 2.26. The van der Waals surface area contributed by atoms with Crippen LogP contribution in [0.1, 0.15) is 54.2 Å². The molecule has 1 aromatic carbocycles. The molecule has 0 saturated carbocycles. The van der Waals surface area contributed by atoms with Gasteiger partial charge in [-0.2, -0.15) is 0 Å².